The molecule has 0 radical (unpaired) electrons. The molecule has 0 bridgehead atoms. The van der Waals surface area contributed by atoms with Gasteiger partial charge >= 0.3 is 0 Å². The third-order valence-corrected chi connectivity index (χ3v) is 7.93. The molecule has 1 N–H and O–H groups in total. The number of hydrogen-bond donors (Lipinski definition) is 1. The highest BCUT2D eigenvalue weighted by atomic mass is 32.2. The highest BCUT2D eigenvalue weighted by molar-refractivity contribution is 7.89. The predicted octanol–water partition coefficient (Wildman–Crippen LogP) is 3.71. The summed E-state index contributed by atoms with van der Waals surface area (Å²) in [6.45, 7) is 2.55. The molecule has 35 heavy (non-hydrogen) atoms. The highest BCUT2D eigenvalue weighted by Crippen LogP contribution is 2.26. The second-order valence-electron chi connectivity index (χ2n) is 8.33. The number of nitrogens with one attached hydrogen (secondary N) is 1. The molecule has 3 aromatic carbocycles. The van der Waals surface area contributed by atoms with Crippen LogP contribution in [0.4, 0.5) is 10.1 Å². The minimum atomic E-state index is -3.73. The Morgan fingerprint density at radius 1 is 0.857 bits per heavy atom. The van der Waals surface area contributed by atoms with Gasteiger partial charge in [-0.1, -0.05) is 42.5 Å². The predicted molar refractivity (Wildman–Crippen MR) is 131 cm³/mol. The third kappa shape index (κ3) is 5.64. The SMILES string of the molecule is CC(=O)c1ccc(S(=O)(=O)N2CCN([C@H](C(=O)Nc3ccc(F)cc3)c3ccccc3)CC2)cc1. The second-order valence-corrected chi connectivity index (χ2v) is 10.3. The van der Waals surface area contributed by atoms with Gasteiger partial charge in [0.2, 0.25) is 15.9 Å². The topological polar surface area (TPSA) is 86.8 Å². The van der Waals surface area contributed by atoms with Crippen molar-refractivity contribution < 1.29 is 22.4 Å². The van der Waals surface area contributed by atoms with E-state index in [0.717, 1.165) is 5.56 Å². The Hall–Kier alpha value is -3.40. The molecule has 9 heteroatoms. The summed E-state index contributed by atoms with van der Waals surface area (Å²) in [4.78, 5) is 26.8. The van der Waals surface area contributed by atoms with Crippen molar-refractivity contribution >= 4 is 27.4 Å². The fraction of sp³-hybridized carbons (Fsp3) is 0.231. The van der Waals surface area contributed by atoms with Gasteiger partial charge in [0, 0.05) is 37.4 Å². The fourth-order valence-corrected chi connectivity index (χ4v) is 5.54. The number of amides is 1. The lowest BCUT2D eigenvalue weighted by atomic mass is 10.0. The van der Waals surface area contributed by atoms with Crippen molar-refractivity contribution in [3.8, 4) is 0 Å². The number of benzene rings is 3. The van der Waals surface area contributed by atoms with Crippen LogP contribution in [0.5, 0.6) is 0 Å². The van der Waals surface area contributed by atoms with Gasteiger partial charge in [-0.25, -0.2) is 12.8 Å². The Kier molecular flexibility index (Phi) is 7.39. The molecule has 0 saturated carbocycles. The summed E-state index contributed by atoms with van der Waals surface area (Å²) < 4.78 is 40.9. The zero-order chi connectivity index (χ0) is 25.0. The molecule has 0 unspecified atom stereocenters. The molecular formula is C26H26FN3O4S. The molecule has 1 atom stereocenters. The normalized spacial score (nSPS) is 15.9. The molecule has 1 saturated heterocycles. The number of nitrogens with zero attached hydrogens (tertiary/aromatic N) is 2. The van der Waals surface area contributed by atoms with E-state index < -0.39 is 21.9 Å². The van der Waals surface area contributed by atoms with E-state index in [4.69, 9.17) is 0 Å². The summed E-state index contributed by atoms with van der Waals surface area (Å²) in [5.74, 6) is -0.803. The summed E-state index contributed by atoms with van der Waals surface area (Å²) in [5.41, 5.74) is 1.71. The smallest absolute Gasteiger partial charge is 0.246 e. The first-order valence-corrected chi connectivity index (χ1v) is 12.7. The van der Waals surface area contributed by atoms with E-state index in [0.29, 0.717) is 24.3 Å². The van der Waals surface area contributed by atoms with Crippen LogP contribution in [0.2, 0.25) is 0 Å². The molecule has 182 valence electrons. The van der Waals surface area contributed by atoms with Gasteiger partial charge < -0.3 is 5.32 Å². The second kappa shape index (κ2) is 10.5. The monoisotopic (exact) mass is 495 g/mol. The van der Waals surface area contributed by atoms with E-state index in [-0.39, 0.29) is 29.7 Å². The maximum Gasteiger partial charge on any atom is 0.246 e. The zero-order valence-electron chi connectivity index (χ0n) is 19.2. The van der Waals surface area contributed by atoms with E-state index in [2.05, 4.69) is 5.32 Å². The van der Waals surface area contributed by atoms with Crippen molar-refractivity contribution in [3.05, 3.63) is 95.8 Å². The molecule has 1 aliphatic heterocycles. The number of sulfonamides is 1. The lowest BCUT2D eigenvalue weighted by Gasteiger charge is -2.38. The van der Waals surface area contributed by atoms with Gasteiger partial charge in [-0.05, 0) is 48.9 Å². The molecule has 7 nitrogen and oxygen atoms in total. The van der Waals surface area contributed by atoms with Gasteiger partial charge in [0.05, 0.1) is 4.90 Å². The number of halogens is 1. The van der Waals surface area contributed by atoms with Crippen LogP contribution in [0.15, 0.2) is 83.8 Å². The van der Waals surface area contributed by atoms with Crippen molar-refractivity contribution in [3.63, 3.8) is 0 Å². The van der Waals surface area contributed by atoms with Crippen molar-refractivity contribution in [2.24, 2.45) is 0 Å². The third-order valence-electron chi connectivity index (χ3n) is 6.01. The standard InChI is InChI=1S/C26H26FN3O4S/c1-19(31)20-7-13-24(14-8-20)35(33,34)30-17-15-29(16-18-30)25(21-5-3-2-4-6-21)26(32)28-23-11-9-22(27)10-12-23/h2-14,25H,15-18H2,1H3,(H,28,32)/t25-/m0/s1. The summed E-state index contributed by atoms with van der Waals surface area (Å²) >= 11 is 0. The van der Waals surface area contributed by atoms with Gasteiger partial charge in [0.1, 0.15) is 11.9 Å². The molecule has 1 amide bonds. The van der Waals surface area contributed by atoms with Gasteiger partial charge in [-0.2, -0.15) is 4.31 Å². The minimum absolute atomic E-state index is 0.129. The molecule has 0 aromatic heterocycles. The molecule has 1 fully saturated rings. The highest BCUT2D eigenvalue weighted by Gasteiger charge is 2.34. The first-order valence-electron chi connectivity index (χ1n) is 11.2. The minimum Gasteiger partial charge on any atom is -0.324 e. The molecule has 0 spiro atoms. The van der Waals surface area contributed by atoms with Gasteiger partial charge in [0.15, 0.2) is 5.78 Å². The van der Waals surface area contributed by atoms with Gasteiger partial charge in [0.25, 0.3) is 0 Å². The average Bonchev–Trinajstić information content (AvgIpc) is 2.86. The molecule has 0 aliphatic carbocycles. The number of Topliss-reactive ketones (excluding diaryl/α,β-unsaturated/α-hetero) is 1. The quantitative estimate of drug-likeness (QED) is 0.505. The number of rotatable bonds is 7. The van der Waals surface area contributed by atoms with Crippen molar-refractivity contribution in [1.82, 2.24) is 9.21 Å². The number of hydrogen-bond acceptors (Lipinski definition) is 5. The van der Waals surface area contributed by atoms with E-state index >= 15 is 0 Å². The Balaban J connectivity index is 1.50. The van der Waals surface area contributed by atoms with Gasteiger partial charge in [-0.15, -0.1) is 0 Å². The summed E-state index contributed by atoms with van der Waals surface area (Å²) in [6, 6.07) is 20.1. The van der Waals surface area contributed by atoms with Crippen LogP contribution in [-0.4, -0.2) is 55.5 Å². The number of carbonyl (C=O) groups excluding carboxylic acids is 2. The first kappa shape index (κ1) is 24.7. The Bertz CT molecular complexity index is 1290. The van der Waals surface area contributed by atoms with Crippen LogP contribution in [0.1, 0.15) is 28.9 Å². The number of anilines is 1. The number of piperazine rings is 1. The van der Waals surface area contributed by atoms with E-state index in [1.165, 1.54) is 59.8 Å². The summed E-state index contributed by atoms with van der Waals surface area (Å²) in [6.07, 6.45) is 0. The first-order chi connectivity index (χ1) is 16.8. The van der Waals surface area contributed by atoms with E-state index in [1.54, 1.807) is 0 Å². The van der Waals surface area contributed by atoms with Crippen molar-refractivity contribution in [2.45, 2.75) is 17.9 Å². The largest absolute Gasteiger partial charge is 0.324 e. The van der Waals surface area contributed by atoms with Crippen LogP contribution in [0.25, 0.3) is 0 Å². The van der Waals surface area contributed by atoms with Crippen LogP contribution in [-0.2, 0) is 14.8 Å². The fourth-order valence-electron chi connectivity index (χ4n) is 4.12. The van der Waals surface area contributed by atoms with Gasteiger partial charge in [-0.3, -0.25) is 14.5 Å². The van der Waals surface area contributed by atoms with Crippen LogP contribution >= 0.6 is 0 Å². The molecule has 1 aliphatic rings. The summed E-state index contributed by atoms with van der Waals surface area (Å²) in [5, 5.41) is 2.84. The van der Waals surface area contributed by atoms with Crippen molar-refractivity contribution in [1.29, 1.82) is 0 Å². The molecule has 4 rings (SSSR count). The lowest BCUT2D eigenvalue weighted by molar-refractivity contribution is -0.122. The average molecular weight is 496 g/mol. The Morgan fingerprint density at radius 3 is 2.03 bits per heavy atom. The summed E-state index contributed by atoms with van der Waals surface area (Å²) in [7, 11) is -3.73. The van der Waals surface area contributed by atoms with E-state index in [9.17, 15) is 22.4 Å². The van der Waals surface area contributed by atoms with Crippen LogP contribution < -0.4 is 5.32 Å². The van der Waals surface area contributed by atoms with Crippen molar-refractivity contribution in [2.75, 3.05) is 31.5 Å². The lowest BCUT2D eigenvalue weighted by Crippen LogP contribution is -2.51. The number of ketones is 1. The maximum atomic E-state index is 13.3. The van der Waals surface area contributed by atoms with Crippen LogP contribution in [0.3, 0.4) is 0 Å². The molecule has 3 aromatic rings. The Labute approximate surface area is 204 Å². The van der Waals surface area contributed by atoms with Crippen LogP contribution in [0, 0.1) is 5.82 Å². The zero-order valence-corrected chi connectivity index (χ0v) is 20.0. The molecule has 1 heterocycles. The Morgan fingerprint density at radius 2 is 1.46 bits per heavy atom. The number of carbonyl (C=O) groups is 2. The molecular weight excluding hydrogens is 469 g/mol. The van der Waals surface area contributed by atoms with E-state index in [1.807, 2.05) is 35.2 Å². The maximum absolute atomic E-state index is 13.3.